The number of piperidine rings is 1. The highest BCUT2D eigenvalue weighted by atomic mass is 32.2. The maximum atomic E-state index is 12.9. The lowest BCUT2D eigenvalue weighted by Gasteiger charge is -2.25. The van der Waals surface area contributed by atoms with Crippen molar-refractivity contribution >= 4 is 33.7 Å². The van der Waals surface area contributed by atoms with Gasteiger partial charge in [0.05, 0.1) is 10.6 Å². The molecule has 0 spiro atoms. The molecular formula is C18H21N5O5S2. The molecule has 3 amide bonds. The molecule has 0 aliphatic carbocycles. The van der Waals surface area contributed by atoms with E-state index in [1.165, 1.54) is 10.4 Å². The van der Waals surface area contributed by atoms with Crippen LogP contribution in [-0.4, -0.2) is 71.7 Å². The first-order valence-corrected chi connectivity index (χ1v) is 12.0. The van der Waals surface area contributed by atoms with Gasteiger partial charge in [-0.1, -0.05) is 24.2 Å². The summed E-state index contributed by atoms with van der Waals surface area (Å²) < 4.78 is 32.9. The number of benzene rings is 1. The molecule has 0 atom stereocenters. The second-order valence-electron chi connectivity index (χ2n) is 6.93. The van der Waals surface area contributed by atoms with Crippen LogP contribution >= 0.6 is 11.8 Å². The Hall–Kier alpha value is -2.44. The quantitative estimate of drug-likeness (QED) is 0.656. The fraction of sp³-hybridized carbons (Fsp3) is 0.444. The summed E-state index contributed by atoms with van der Waals surface area (Å²) in [6.45, 7) is 1.83. The zero-order valence-corrected chi connectivity index (χ0v) is 17.7. The SMILES string of the molecule is O=C(CSc1nnc(-c2cccc(S(=O)(=O)N3CCCCC3)c2)o1)N1CCNC1=O. The molecule has 2 aliphatic rings. The highest BCUT2D eigenvalue weighted by molar-refractivity contribution is 7.99. The number of nitrogens with zero attached hydrogens (tertiary/aromatic N) is 4. The summed E-state index contributed by atoms with van der Waals surface area (Å²) in [5.74, 6) is -0.192. The predicted octanol–water partition coefficient (Wildman–Crippen LogP) is 1.56. The average molecular weight is 452 g/mol. The number of carbonyl (C=O) groups is 2. The molecule has 0 saturated carbocycles. The van der Waals surface area contributed by atoms with E-state index in [1.54, 1.807) is 18.2 Å². The number of amides is 3. The second kappa shape index (κ2) is 8.74. The summed E-state index contributed by atoms with van der Waals surface area (Å²) in [6.07, 6.45) is 2.77. The van der Waals surface area contributed by atoms with Crippen molar-refractivity contribution in [2.45, 2.75) is 29.4 Å². The number of sulfonamides is 1. The highest BCUT2D eigenvalue weighted by Gasteiger charge is 2.28. The number of carbonyl (C=O) groups excluding carboxylic acids is 2. The lowest BCUT2D eigenvalue weighted by Crippen LogP contribution is -2.35. The van der Waals surface area contributed by atoms with Crippen LogP contribution in [0.4, 0.5) is 4.79 Å². The predicted molar refractivity (Wildman–Crippen MR) is 108 cm³/mol. The third-order valence-corrected chi connectivity index (χ3v) is 7.62. The Morgan fingerprint density at radius 3 is 2.70 bits per heavy atom. The van der Waals surface area contributed by atoms with Gasteiger partial charge >= 0.3 is 6.03 Å². The molecule has 0 unspecified atom stereocenters. The van der Waals surface area contributed by atoms with Gasteiger partial charge in [-0.05, 0) is 31.0 Å². The molecule has 30 heavy (non-hydrogen) atoms. The minimum atomic E-state index is -3.57. The van der Waals surface area contributed by atoms with Gasteiger partial charge in [0.1, 0.15) is 0 Å². The second-order valence-corrected chi connectivity index (χ2v) is 9.80. The first-order valence-electron chi connectivity index (χ1n) is 9.60. The van der Waals surface area contributed by atoms with Crippen molar-refractivity contribution < 1.29 is 22.4 Å². The van der Waals surface area contributed by atoms with Gasteiger partial charge in [0, 0.05) is 31.7 Å². The number of urea groups is 1. The first kappa shape index (κ1) is 20.8. The molecule has 10 nitrogen and oxygen atoms in total. The highest BCUT2D eigenvalue weighted by Crippen LogP contribution is 2.27. The van der Waals surface area contributed by atoms with E-state index in [2.05, 4.69) is 15.5 Å². The summed E-state index contributed by atoms with van der Waals surface area (Å²) in [7, 11) is -3.57. The number of thioether (sulfide) groups is 1. The van der Waals surface area contributed by atoms with Gasteiger partial charge in [0.25, 0.3) is 5.22 Å². The number of hydrogen-bond donors (Lipinski definition) is 1. The average Bonchev–Trinajstić information content (AvgIpc) is 3.42. The summed E-state index contributed by atoms with van der Waals surface area (Å²) in [5.41, 5.74) is 0.484. The third-order valence-electron chi connectivity index (χ3n) is 4.92. The standard InChI is InChI=1S/C18H21N5O5S2/c24-15(23-10-7-19-17(23)25)12-29-18-21-20-16(28-18)13-5-4-6-14(11-13)30(26,27)22-8-2-1-3-9-22/h4-6,11H,1-3,7-10,12H2,(H,19,25). The van der Waals surface area contributed by atoms with Crippen molar-refractivity contribution in [2.24, 2.45) is 0 Å². The summed E-state index contributed by atoms with van der Waals surface area (Å²) in [6, 6.07) is 6.00. The molecular weight excluding hydrogens is 430 g/mol. The van der Waals surface area contributed by atoms with Crippen molar-refractivity contribution in [1.29, 1.82) is 0 Å². The van der Waals surface area contributed by atoms with Crippen molar-refractivity contribution in [1.82, 2.24) is 24.7 Å². The molecule has 12 heteroatoms. The molecule has 2 fully saturated rings. The van der Waals surface area contributed by atoms with Gasteiger partial charge in [0.2, 0.25) is 21.8 Å². The molecule has 0 bridgehead atoms. The topological polar surface area (TPSA) is 126 Å². The number of hydrogen-bond acceptors (Lipinski definition) is 8. The van der Waals surface area contributed by atoms with E-state index < -0.39 is 16.1 Å². The van der Waals surface area contributed by atoms with Crippen LogP contribution in [0.2, 0.25) is 0 Å². The van der Waals surface area contributed by atoms with Gasteiger partial charge in [-0.3, -0.25) is 9.69 Å². The van der Waals surface area contributed by atoms with Gasteiger partial charge in [-0.15, -0.1) is 10.2 Å². The summed E-state index contributed by atoms with van der Waals surface area (Å²) >= 11 is 1.03. The molecule has 1 aromatic carbocycles. The Morgan fingerprint density at radius 1 is 1.17 bits per heavy atom. The smallest absolute Gasteiger partial charge is 0.324 e. The van der Waals surface area contributed by atoms with E-state index in [0.717, 1.165) is 35.9 Å². The van der Waals surface area contributed by atoms with E-state index in [4.69, 9.17) is 4.42 Å². The fourth-order valence-electron chi connectivity index (χ4n) is 3.34. The van der Waals surface area contributed by atoms with E-state index in [1.807, 2.05) is 0 Å². The number of rotatable bonds is 6. The normalized spacial score (nSPS) is 17.9. The minimum absolute atomic E-state index is 0.0154. The van der Waals surface area contributed by atoms with Gasteiger partial charge in [-0.2, -0.15) is 4.31 Å². The third kappa shape index (κ3) is 4.35. The van der Waals surface area contributed by atoms with Crippen LogP contribution < -0.4 is 5.32 Å². The molecule has 2 saturated heterocycles. The Kier molecular flexibility index (Phi) is 6.06. The van der Waals surface area contributed by atoms with E-state index in [9.17, 15) is 18.0 Å². The van der Waals surface area contributed by atoms with E-state index >= 15 is 0 Å². The molecule has 1 aromatic heterocycles. The molecule has 0 radical (unpaired) electrons. The zero-order valence-electron chi connectivity index (χ0n) is 16.1. The molecule has 4 rings (SSSR count). The molecule has 1 N–H and O–H groups in total. The van der Waals surface area contributed by atoms with Crippen LogP contribution in [0, 0.1) is 0 Å². The monoisotopic (exact) mass is 451 g/mol. The lowest BCUT2D eigenvalue weighted by atomic mass is 10.2. The number of imide groups is 1. The van der Waals surface area contributed by atoms with Crippen LogP contribution in [0.15, 0.2) is 38.8 Å². The molecule has 160 valence electrons. The van der Waals surface area contributed by atoms with Crippen molar-refractivity contribution in [3.05, 3.63) is 24.3 Å². The van der Waals surface area contributed by atoms with Crippen LogP contribution in [-0.2, 0) is 14.8 Å². The molecule has 2 aromatic rings. The number of aromatic nitrogens is 2. The first-order chi connectivity index (χ1) is 14.4. The Bertz CT molecular complexity index is 1050. The van der Waals surface area contributed by atoms with Crippen LogP contribution in [0.1, 0.15) is 19.3 Å². The van der Waals surface area contributed by atoms with Crippen LogP contribution in [0.5, 0.6) is 0 Å². The Morgan fingerprint density at radius 2 is 1.97 bits per heavy atom. The Labute approximate surface area is 178 Å². The van der Waals surface area contributed by atoms with Gasteiger partial charge < -0.3 is 9.73 Å². The maximum Gasteiger partial charge on any atom is 0.324 e. The molecule has 3 heterocycles. The zero-order chi connectivity index (χ0) is 21.1. The lowest BCUT2D eigenvalue weighted by molar-refractivity contribution is -0.124. The number of nitrogens with one attached hydrogen (secondary N) is 1. The fourth-order valence-corrected chi connectivity index (χ4v) is 5.54. The van der Waals surface area contributed by atoms with E-state index in [0.29, 0.717) is 31.7 Å². The summed E-state index contributed by atoms with van der Waals surface area (Å²) in [4.78, 5) is 24.9. The molecule has 2 aliphatic heterocycles. The van der Waals surface area contributed by atoms with Gasteiger partial charge in [-0.25, -0.2) is 13.2 Å². The summed E-state index contributed by atoms with van der Waals surface area (Å²) in [5, 5.41) is 10.6. The van der Waals surface area contributed by atoms with Crippen LogP contribution in [0.25, 0.3) is 11.5 Å². The van der Waals surface area contributed by atoms with Crippen LogP contribution in [0.3, 0.4) is 0 Å². The maximum absolute atomic E-state index is 12.9. The van der Waals surface area contributed by atoms with E-state index in [-0.39, 0.29) is 27.7 Å². The minimum Gasteiger partial charge on any atom is -0.411 e. The van der Waals surface area contributed by atoms with Gasteiger partial charge in [0.15, 0.2) is 0 Å². The Balaban J connectivity index is 1.45. The largest absolute Gasteiger partial charge is 0.411 e. The van der Waals surface area contributed by atoms with Crippen molar-refractivity contribution in [2.75, 3.05) is 31.9 Å². The van der Waals surface area contributed by atoms with Crippen molar-refractivity contribution in [3.8, 4) is 11.5 Å². The van der Waals surface area contributed by atoms with Crippen molar-refractivity contribution in [3.63, 3.8) is 0 Å².